The summed E-state index contributed by atoms with van der Waals surface area (Å²) < 4.78 is 12.4. The molecule has 1 N–H and O–H groups in total. The van der Waals surface area contributed by atoms with E-state index in [0.29, 0.717) is 28.9 Å². The minimum absolute atomic E-state index is 0.147. The van der Waals surface area contributed by atoms with E-state index in [1.807, 2.05) is 23.6 Å². The fourth-order valence-corrected chi connectivity index (χ4v) is 3.43. The topological polar surface area (TPSA) is 91.2 Å². The summed E-state index contributed by atoms with van der Waals surface area (Å²) in [5.41, 5.74) is 1.52. The number of anilines is 1. The van der Waals surface area contributed by atoms with Crippen LogP contribution in [0.5, 0.6) is 11.5 Å². The van der Waals surface area contributed by atoms with Crippen LogP contribution in [0.1, 0.15) is 6.92 Å². The Morgan fingerprint density at radius 1 is 1.18 bits per heavy atom. The van der Waals surface area contributed by atoms with Gasteiger partial charge in [0.15, 0.2) is 22.5 Å². The SMILES string of the molecule is CCn1c(SCC(=O)Nc2ccc(OC)c(OC)c2)nnc1-c1cccnc1. The minimum Gasteiger partial charge on any atom is -0.493 e. The number of hydrogen-bond donors (Lipinski definition) is 1. The first-order valence-corrected chi connectivity index (χ1v) is 9.63. The maximum Gasteiger partial charge on any atom is 0.234 e. The fourth-order valence-electron chi connectivity index (χ4n) is 2.63. The summed E-state index contributed by atoms with van der Waals surface area (Å²) in [5, 5.41) is 12.0. The van der Waals surface area contributed by atoms with Crippen molar-refractivity contribution in [2.24, 2.45) is 0 Å². The Bertz CT molecular complexity index is 946. The Labute approximate surface area is 167 Å². The van der Waals surface area contributed by atoms with Crippen LogP contribution in [0, 0.1) is 0 Å². The molecule has 2 aromatic heterocycles. The molecule has 1 aromatic carbocycles. The molecule has 1 amide bonds. The highest BCUT2D eigenvalue weighted by molar-refractivity contribution is 7.99. The van der Waals surface area contributed by atoms with Crippen LogP contribution in [0.3, 0.4) is 0 Å². The first kappa shape index (κ1) is 19.7. The van der Waals surface area contributed by atoms with E-state index in [1.165, 1.54) is 11.8 Å². The smallest absolute Gasteiger partial charge is 0.234 e. The molecule has 28 heavy (non-hydrogen) atoms. The molecule has 0 bridgehead atoms. The summed E-state index contributed by atoms with van der Waals surface area (Å²) in [7, 11) is 3.12. The van der Waals surface area contributed by atoms with Gasteiger partial charge >= 0.3 is 0 Å². The average molecular weight is 399 g/mol. The number of nitrogens with one attached hydrogen (secondary N) is 1. The highest BCUT2D eigenvalue weighted by Gasteiger charge is 2.15. The predicted octanol–water partition coefficient (Wildman–Crippen LogP) is 3.11. The van der Waals surface area contributed by atoms with Crippen molar-refractivity contribution in [3.05, 3.63) is 42.7 Å². The average Bonchev–Trinajstić information content (AvgIpc) is 3.15. The fraction of sp³-hybridized carbons (Fsp3) is 0.263. The molecule has 0 unspecified atom stereocenters. The maximum absolute atomic E-state index is 12.3. The molecule has 0 aliphatic carbocycles. The number of nitrogens with zero attached hydrogens (tertiary/aromatic N) is 4. The number of hydrogen-bond acceptors (Lipinski definition) is 7. The molecule has 3 aromatic rings. The van der Waals surface area contributed by atoms with Crippen LogP contribution < -0.4 is 14.8 Å². The molecule has 0 aliphatic rings. The van der Waals surface area contributed by atoms with Crippen LogP contribution in [0.15, 0.2) is 47.9 Å². The molecule has 8 nitrogen and oxygen atoms in total. The number of carbonyl (C=O) groups excluding carboxylic acids is 1. The monoisotopic (exact) mass is 399 g/mol. The zero-order chi connectivity index (χ0) is 19.9. The first-order valence-electron chi connectivity index (χ1n) is 8.64. The zero-order valence-corrected chi connectivity index (χ0v) is 16.7. The third-order valence-corrected chi connectivity index (χ3v) is 4.92. The molecule has 2 heterocycles. The Kier molecular flexibility index (Phi) is 6.49. The van der Waals surface area contributed by atoms with Crippen LogP contribution in [-0.2, 0) is 11.3 Å². The summed E-state index contributed by atoms with van der Waals surface area (Å²) in [4.78, 5) is 16.5. The number of thioether (sulfide) groups is 1. The van der Waals surface area contributed by atoms with Crippen LogP contribution in [0.4, 0.5) is 5.69 Å². The molecular weight excluding hydrogens is 378 g/mol. The number of aromatic nitrogens is 4. The molecule has 0 spiro atoms. The van der Waals surface area contributed by atoms with Crippen molar-refractivity contribution in [1.82, 2.24) is 19.7 Å². The van der Waals surface area contributed by atoms with Gasteiger partial charge in [0.05, 0.1) is 20.0 Å². The summed E-state index contributed by atoms with van der Waals surface area (Å²) >= 11 is 1.33. The minimum atomic E-state index is -0.147. The zero-order valence-electron chi connectivity index (χ0n) is 15.9. The van der Waals surface area contributed by atoms with Crippen molar-refractivity contribution in [1.29, 1.82) is 0 Å². The molecule has 3 rings (SSSR count). The van der Waals surface area contributed by atoms with E-state index >= 15 is 0 Å². The highest BCUT2D eigenvalue weighted by atomic mass is 32.2. The van der Waals surface area contributed by atoms with Gasteiger partial charge in [-0.25, -0.2) is 0 Å². The lowest BCUT2D eigenvalue weighted by Crippen LogP contribution is -2.14. The Morgan fingerprint density at radius 2 is 2.00 bits per heavy atom. The molecular formula is C19H21N5O3S. The number of benzene rings is 1. The summed E-state index contributed by atoms with van der Waals surface area (Å²) in [6, 6.07) is 9.01. The van der Waals surface area contributed by atoms with Gasteiger partial charge in [0.2, 0.25) is 5.91 Å². The molecule has 0 saturated carbocycles. The van der Waals surface area contributed by atoms with E-state index in [4.69, 9.17) is 9.47 Å². The van der Waals surface area contributed by atoms with Crippen molar-refractivity contribution in [2.75, 3.05) is 25.3 Å². The van der Waals surface area contributed by atoms with Gasteiger partial charge in [0, 0.05) is 36.3 Å². The summed E-state index contributed by atoms with van der Waals surface area (Å²) in [5.74, 6) is 1.96. The lowest BCUT2D eigenvalue weighted by molar-refractivity contribution is -0.113. The van der Waals surface area contributed by atoms with Gasteiger partial charge in [-0.3, -0.25) is 9.78 Å². The molecule has 0 atom stereocenters. The van der Waals surface area contributed by atoms with Crippen molar-refractivity contribution >= 4 is 23.4 Å². The second-order valence-electron chi connectivity index (χ2n) is 5.70. The first-order chi connectivity index (χ1) is 13.7. The second kappa shape index (κ2) is 9.23. The van der Waals surface area contributed by atoms with E-state index in [2.05, 4.69) is 20.5 Å². The van der Waals surface area contributed by atoms with Gasteiger partial charge in [0.1, 0.15) is 0 Å². The Balaban J connectivity index is 1.66. The van der Waals surface area contributed by atoms with E-state index in [9.17, 15) is 4.79 Å². The number of rotatable bonds is 8. The number of methoxy groups -OCH3 is 2. The normalized spacial score (nSPS) is 10.5. The molecule has 9 heteroatoms. The van der Waals surface area contributed by atoms with Crippen molar-refractivity contribution in [3.8, 4) is 22.9 Å². The van der Waals surface area contributed by atoms with E-state index in [0.717, 1.165) is 11.4 Å². The van der Waals surface area contributed by atoms with Crippen molar-refractivity contribution in [3.63, 3.8) is 0 Å². The summed E-state index contributed by atoms with van der Waals surface area (Å²) in [6.45, 7) is 2.70. The quantitative estimate of drug-likeness (QED) is 0.582. The van der Waals surface area contributed by atoms with E-state index in [-0.39, 0.29) is 11.7 Å². The van der Waals surface area contributed by atoms with Crippen LogP contribution in [0.2, 0.25) is 0 Å². The molecule has 146 valence electrons. The maximum atomic E-state index is 12.3. The largest absolute Gasteiger partial charge is 0.493 e. The number of amides is 1. The Morgan fingerprint density at radius 3 is 2.68 bits per heavy atom. The van der Waals surface area contributed by atoms with Gasteiger partial charge in [-0.2, -0.15) is 0 Å². The van der Waals surface area contributed by atoms with Crippen LogP contribution >= 0.6 is 11.8 Å². The van der Waals surface area contributed by atoms with Gasteiger partial charge in [-0.1, -0.05) is 11.8 Å². The number of pyridine rings is 1. The standard InChI is InChI=1S/C19H21N5O3S/c1-4-24-18(13-6-5-9-20-11-13)22-23-19(24)28-12-17(25)21-14-7-8-15(26-2)16(10-14)27-3/h5-11H,4,12H2,1-3H3,(H,21,25). The predicted molar refractivity (Wildman–Crippen MR) is 108 cm³/mol. The molecule has 0 aliphatic heterocycles. The number of carbonyl (C=O) groups is 1. The van der Waals surface area contributed by atoms with E-state index in [1.54, 1.807) is 44.8 Å². The summed E-state index contributed by atoms with van der Waals surface area (Å²) in [6.07, 6.45) is 3.46. The molecule has 0 fully saturated rings. The lowest BCUT2D eigenvalue weighted by atomic mass is 10.2. The third kappa shape index (κ3) is 4.42. The lowest BCUT2D eigenvalue weighted by Gasteiger charge is -2.10. The second-order valence-corrected chi connectivity index (χ2v) is 6.64. The van der Waals surface area contributed by atoms with E-state index < -0.39 is 0 Å². The van der Waals surface area contributed by atoms with Gasteiger partial charge in [-0.15, -0.1) is 10.2 Å². The Hall–Kier alpha value is -3.07. The van der Waals surface area contributed by atoms with Gasteiger partial charge < -0.3 is 19.4 Å². The highest BCUT2D eigenvalue weighted by Crippen LogP contribution is 2.30. The van der Waals surface area contributed by atoms with Crippen molar-refractivity contribution < 1.29 is 14.3 Å². The molecule has 0 saturated heterocycles. The van der Waals surface area contributed by atoms with Gasteiger partial charge in [0.25, 0.3) is 0 Å². The van der Waals surface area contributed by atoms with Crippen LogP contribution in [0.25, 0.3) is 11.4 Å². The van der Waals surface area contributed by atoms with Gasteiger partial charge in [-0.05, 0) is 31.2 Å². The third-order valence-electron chi connectivity index (χ3n) is 3.95. The molecule has 0 radical (unpaired) electrons. The van der Waals surface area contributed by atoms with Crippen molar-refractivity contribution in [2.45, 2.75) is 18.6 Å². The van der Waals surface area contributed by atoms with Crippen LogP contribution in [-0.4, -0.2) is 45.6 Å². The number of ether oxygens (including phenoxy) is 2.